The van der Waals surface area contributed by atoms with E-state index in [2.05, 4.69) is 10.8 Å². The maximum absolute atomic E-state index is 11.8. The van der Waals surface area contributed by atoms with Crippen LogP contribution in [0.2, 0.25) is 0 Å². The molecule has 0 bridgehead atoms. The lowest BCUT2D eigenvalue weighted by Gasteiger charge is -2.09. The van der Waals surface area contributed by atoms with Gasteiger partial charge in [-0.3, -0.25) is 0 Å². The van der Waals surface area contributed by atoms with E-state index in [1.807, 2.05) is 6.92 Å². The summed E-state index contributed by atoms with van der Waals surface area (Å²) in [6, 6.07) is 7.43. The highest BCUT2D eigenvalue weighted by Crippen LogP contribution is 2.19. The van der Waals surface area contributed by atoms with Crippen LogP contribution in [0.25, 0.3) is 0 Å². The second kappa shape index (κ2) is 4.35. The molecule has 0 atom stereocenters. The van der Waals surface area contributed by atoms with Crippen LogP contribution >= 0.6 is 0 Å². The number of ether oxygens (including phenoxy) is 1. The number of benzene rings is 1. The zero-order chi connectivity index (χ0) is 10.6. The second-order valence-electron chi connectivity index (χ2n) is 2.83. The van der Waals surface area contributed by atoms with Gasteiger partial charge in [-0.1, -0.05) is 13.0 Å². The largest absolute Gasteiger partial charge is 0.484 e. The molecule has 0 N–H and O–H groups in total. The summed E-state index contributed by atoms with van der Waals surface area (Å²) >= 11 is 0. The molecule has 4 heteroatoms. The van der Waals surface area contributed by atoms with Crippen LogP contribution in [-0.4, -0.2) is 12.8 Å². The summed E-state index contributed by atoms with van der Waals surface area (Å²) in [4.78, 5) is 0. The molecular weight excluding hydrogens is 193 g/mol. The van der Waals surface area contributed by atoms with Gasteiger partial charge in [0.2, 0.25) is 0 Å². The Balaban J connectivity index is 2.59. The Labute approximate surface area is 80.5 Å². The summed E-state index contributed by atoms with van der Waals surface area (Å²) in [5, 5.41) is 0. The first-order chi connectivity index (χ1) is 6.51. The fourth-order valence-corrected chi connectivity index (χ4v) is 0.950. The van der Waals surface area contributed by atoms with Crippen molar-refractivity contribution in [3.63, 3.8) is 0 Å². The van der Waals surface area contributed by atoms with E-state index < -0.39 is 12.8 Å². The molecule has 0 heterocycles. The Bertz CT molecular complexity index is 294. The molecule has 0 aliphatic rings. The molecule has 0 amide bonds. The molecular formula is C10H10F3O. The fraction of sp³-hybridized carbons (Fsp3) is 0.400. The fourth-order valence-electron chi connectivity index (χ4n) is 0.950. The first kappa shape index (κ1) is 10.9. The molecule has 0 aliphatic carbocycles. The summed E-state index contributed by atoms with van der Waals surface area (Å²) in [7, 11) is 0. The molecule has 1 aromatic carbocycles. The van der Waals surface area contributed by atoms with Crippen molar-refractivity contribution >= 4 is 0 Å². The highest BCUT2D eigenvalue weighted by atomic mass is 19.4. The van der Waals surface area contributed by atoms with E-state index in [4.69, 9.17) is 0 Å². The molecule has 1 radical (unpaired) electrons. The first-order valence-corrected chi connectivity index (χ1v) is 4.21. The molecule has 1 nitrogen and oxygen atoms in total. The van der Waals surface area contributed by atoms with Gasteiger partial charge in [-0.15, -0.1) is 0 Å². The monoisotopic (exact) mass is 203 g/mol. The third-order valence-corrected chi connectivity index (χ3v) is 1.63. The quantitative estimate of drug-likeness (QED) is 0.733. The van der Waals surface area contributed by atoms with Crippen molar-refractivity contribution in [2.24, 2.45) is 0 Å². The highest BCUT2D eigenvalue weighted by molar-refractivity contribution is 5.27. The Kier molecular flexibility index (Phi) is 3.38. The maximum Gasteiger partial charge on any atom is 0.422 e. The van der Waals surface area contributed by atoms with Crippen LogP contribution in [0.3, 0.4) is 0 Å². The van der Waals surface area contributed by atoms with Crippen LogP contribution in [0.1, 0.15) is 12.5 Å². The molecule has 0 aliphatic heterocycles. The number of alkyl halides is 3. The number of hydrogen-bond acceptors (Lipinski definition) is 1. The number of halogens is 3. The number of aryl methyl sites for hydroxylation is 1. The standard InChI is InChI=1S/C10H10F3O/c1-2-8-4-3-5-9(6-8)14-7-10(11,12)13/h4-6H,2,7H2,1H3. The van der Waals surface area contributed by atoms with Crippen molar-refractivity contribution < 1.29 is 17.9 Å². The summed E-state index contributed by atoms with van der Waals surface area (Å²) in [6.07, 6.45) is -3.54. The third-order valence-electron chi connectivity index (χ3n) is 1.63. The molecule has 77 valence electrons. The molecule has 1 rings (SSSR count). The van der Waals surface area contributed by atoms with E-state index >= 15 is 0 Å². The molecule has 0 unspecified atom stereocenters. The van der Waals surface area contributed by atoms with Gasteiger partial charge in [0.05, 0.1) is 0 Å². The summed E-state index contributed by atoms with van der Waals surface area (Å²) in [6.45, 7) is 0.657. The summed E-state index contributed by atoms with van der Waals surface area (Å²) in [5.41, 5.74) is 0.907. The second-order valence-corrected chi connectivity index (χ2v) is 2.83. The van der Waals surface area contributed by atoms with Crippen LogP contribution in [0, 0.1) is 6.07 Å². The zero-order valence-electron chi connectivity index (χ0n) is 7.69. The zero-order valence-corrected chi connectivity index (χ0v) is 7.69. The minimum absolute atomic E-state index is 0.210. The van der Waals surface area contributed by atoms with Crippen molar-refractivity contribution in [3.8, 4) is 5.75 Å². The number of hydrogen-bond donors (Lipinski definition) is 0. The average molecular weight is 203 g/mol. The number of rotatable bonds is 3. The Morgan fingerprint density at radius 3 is 2.64 bits per heavy atom. The minimum atomic E-state index is -4.29. The van der Waals surface area contributed by atoms with Crippen molar-refractivity contribution in [1.29, 1.82) is 0 Å². The van der Waals surface area contributed by atoms with E-state index in [1.54, 1.807) is 12.1 Å². The molecule has 14 heavy (non-hydrogen) atoms. The van der Waals surface area contributed by atoms with Crippen LogP contribution in [0.4, 0.5) is 13.2 Å². The Hall–Kier alpha value is -1.19. The topological polar surface area (TPSA) is 9.23 Å². The van der Waals surface area contributed by atoms with Crippen molar-refractivity contribution in [2.75, 3.05) is 6.61 Å². The van der Waals surface area contributed by atoms with Gasteiger partial charge in [0.25, 0.3) is 0 Å². The highest BCUT2D eigenvalue weighted by Gasteiger charge is 2.28. The molecule has 0 saturated heterocycles. The lowest BCUT2D eigenvalue weighted by atomic mass is 10.2. The first-order valence-electron chi connectivity index (χ1n) is 4.21. The van der Waals surface area contributed by atoms with Crippen LogP contribution < -0.4 is 4.74 Å². The summed E-state index contributed by atoms with van der Waals surface area (Å²) in [5.74, 6) is 0.210. The molecule has 0 spiro atoms. The lowest BCUT2D eigenvalue weighted by molar-refractivity contribution is -0.153. The Morgan fingerprint density at radius 1 is 1.36 bits per heavy atom. The van der Waals surface area contributed by atoms with Crippen molar-refractivity contribution in [3.05, 3.63) is 29.8 Å². The van der Waals surface area contributed by atoms with Crippen LogP contribution in [0.15, 0.2) is 18.2 Å². The average Bonchev–Trinajstić information content (AvgIpc) is 2.14. The van der Waals surface area contributed by atoms with Crippen molar-refractivity contribution in [1.82, 2.24) is 0 Å². The molecule has 0 aromatic heterocycles. The van der Waals surface area contributed by atoms with E-state index in [1.165, 1.54) is 6.07 Å². The van der Waals surface area contributed by atoms with Crippen LogP contribution in [-0.2, 0) is 6.42 Å². The molecule has 0 saturated carbocycles. The third kappa shape index (κ3) is 3.68. The van der Waals surface area contributed by atoms with E-state index in [0.717, 1.165) is 12.0 Å². The van der Waals surface area contributed by atoms with Gasteiger partial charge < -0.3 is 4.74 Å². The lowest BCUT2D eigenvalue weighted by Crippen LogP contribution is -2.19. The van der Waals surface area contributed by atoms with Crippen LogP contribution in [0.5, 0.6) is 5.75 Å². The van der Waals surface area contributed by atoms with Gasteiger partial charge in [0.1, 0.15) is 5.75 Å². The SMILES string of the molecule is CCc1c[c]cc(OCC(F)(F)F)c1. The van der Waals surface area contributed by atoms with E-state index in [9.17, 15) is 13.2 Å². The van der Waals surface area contributed by atoms with Gasteiger partial charge in [-0.25, -0.2) is 0 Å². The van der Waals surface area contributed by atoms with Gasteiger partial charge in [-0.2, -0.15) is 13.2 Å². The predicted molar refractivity (Wildman–Crippen MR) is 46.2 cm³/mol. The van der Waals surface area contributed by atoms with Gasteiger partial charge in [0, 0.05) is 0 Å². The molecule has 1 aromatic rings. The smallest absolute Gasteiger partial charge is 0.422 e. The molecule has 0 fully saturated rings. The van der Waals surface area contributed by atoms with E-state index in [-0.39, 0.29) is 5.75 Å². The minimum Gasteiger partial charge on any atom is -0.484 e. The summed E-state index contributed by atoms with van der Waals surface area (Å²) < 4.78 is 39.9. The Morgan fingerprint density at radius 2 is 2.07 bits per heavy atom. The van der Waals surface area contributed by atoms with E-state index in [0.29, 0.717) is 0 Å². The predicted octanol–water partition coefficient (Wildman–Crippen LogP) is 2.99. The van der Waals surface area contributed by atoms with Gasteiger partial charge in [0.15, 0.2) is 6.61 Å². The maximum atomic E-state index is 11.8. The van der Waals surface area contributed by atoms with Crippen molar-refractivity contribution in [2.45, 2.75) is 19.5 Å². The van der Waals surface area contributed by atoms with Gasteiger partial charge >= 0.3 is 6.18 Å². The van der Waals surface area contributed by atoms with Gasteiger partial charge in [-0.05, 0) is 30.2 Å². The normalized spacial score (nSPS) is 11.4.